The summed E-state index contributed by atoms with van der Waals surface area (Å²) in [6.07, 6.45) is 19.2. The number of hydrogen-bond donors (Lipinski definition) is 0. The van der Waals surface area contributed by atoms with Gasteiger partial charge in [0, 0.05) is 12.7 Å². The van der Waals surface area contributed by atoms with Gasteiger partial charge in [-0.05, 0) is 93.1 Å². The van der Waals surface area contributed by atoms with Crippen molar-refractivity contribution in [3.05, 3.63) is 47.5 Å². The van der Waals surface area contributed by atoms with Gasteiger partial charge >= 0.3 is 0 Å². The Hall–Kier alpha value is -1.59. The molecule has 1 aromatic rings. The molecule has 0 heterocycles. The number of ether oxygens (including phenoxy) is 1. The second kappa shape index (κ2) is 12.2. The molecule has 2 heteroatoms. The summed E-state index contributed by atoms with van der Waals surface area (Å²) in [5.41, 5.74) is 3.05. The number of hydrogen-bond acceptors (Lipinski definition) is 2. The van der Waals surface area contributed by atoms with Crippen molar-refractivity contribution >= 4 is 0 Å². The molecule has 2 nitrogen and oxygen atoms in total. The lowest BCUT2D eigenvalue weighted by atomic mass is 9.78. The van der Waals surface area contributed by atoms with Crippen LogP contribution in [-0.4, -0.2) is 12.7 Å². The number of aryl methyl sites for hydroxylation is 1. The van der Waals surface area contributed by atoms with Crippen LogP contribution in [0.1, 0.15) is 94.6 Å². The van der Waals surface area contributed by atoms with Crippen molar-refractivity contribution in [2.24, 2.45) is 11.8 Å². The Balaban J connectivity index is 1.33. The molecule has 1 aromatic carbocycles. The number of nitrogens with zero attached hydrogens (tertiary/aromatic N) is 1. The van der Waals surface area contributed by atoms with Gasteiger partial charge < -0.3 is 4.74 Å². The van der Waals surface area contributed by atoms with Crippen LogP contribution in [0.2, 0.25) is 0 Å². The molecule has 0 aliphatic heterocycles. The van der Waals surface area contributed by atoms with Gasteiger partial charge in [-0.1, -0.05) is 50.1 Å². The van der Waals surface area contributed by atoms with E-state index in [0.717, 1.165) is 31.3 Å². The Kier molecular flexibility index (Phi) is 9.29. The summed E-state index contributed by atoms with van der Waals surface area (Å²) in [6, 6.07) is 11.6. The molecule has 29 heavy (non-hydrogen) atoms. The Labute approximate surface area is 178 Å². The van der Waals surface area contributed by atoms with E-state index in [0.29, 0.717) is 12.0 Å². The molecule has 0 N–H and O–H groups in total. The summed E-state index contributed by atoms with van der Waals surface area (Å²) in [5.74, 6) is 2.08. The summed E-state index contributed by atoms with van der Waals surface area (Å²) in [4.78, 5) is 0. The van der Waals surface area contributed by atoms with Crippen molar-refractivity contribution < 1.29 is 4.74 Å². The van der Waals surface area contributed by atoms with Crippen LogP contribution in [0.25, 0.3) is 0 Å². The normalized spacial score (nSPS) is 27.7. The molecular weight excluding hydrogens is 354 g/mol. The molecule has 0 unspecified atom stereocenters. The van der Waals surface area contributed by atoms with Gasteiger partial charge in [0.05, 0.1) is 12.2 Å². The molecular formula is C27H39NO. The second-order valence-electron chi connectivity index (χ2n) is 9.27. The molecule has 0 spiro atoms. The van der Waals surface area contributed by atoms with Gasteiger partial charge in [-0.25, -0.2) is 0 Å². The Morgan fingerprint density at radius 1 is 0.966 bits per heavy atom. The number of rotatable bonds is 9. The van der Waals surface area contributed by atoms with Crippen LogP contribution >= 0.6 is 0 Å². The Bertz CT molecular complexity index is 640. The molecule has 2 saturated carbocycles. The zero-order chi connectivity index (χ0) is 20.3. The lowest BCUT2D eigenvalue weighted by Gasteiger charge is -2.32. The number of unbranched alkanes of at least 4 members (excludes halogenated alkanes) is 2. The van der Waals surface area contributed by atoms with E-state index in [1.54, 1.807) is 11.6 Å². The smallest absolute Gasteiger partial charge is 0.0908 e. The van der Waals surface area contributed by atoms with Crippen molar-refractivity contribution in [3.8, 4) is 6.07 Å². The number of benzene rings is 1. The first-order valence-electron chi connectivity index (χ1n) is 12.0. The van der Waals surface area contributed by atoms with Gasteiger partial charge in [0.15, 0.2) is 0 Å². The van der Waals surface area contributed by atoms with E-state index < -0.39 is 0 Å². The molecule has 0 radical (unpaired) electrons. The SMILES string of the molecule is CCCCCc1ccc([C@H]2CC[C@H](CO[C@H]3CC[C@H](/C=C/C#N)CC3)CC2)cc1. The number of nitriles is 1. The topological polar surface area (TPSA) is 33.0 Å². The molecule has 0 saturated heterocycles. The highest BCUT2D eigenvalue weighted by molar-refractivity contribution is 5.26. The minimum atomic E-state index is 0.444. The minimum Gasteiger partial charge on any atom is -0.378 e. The second-order valence-corrected chi connectivity index (χ2v) is 9.27. The van der Waals surface area contributed by atoms with Gasteiger partial charge in [0.25, 0.3) is 0 Å². The zero-order valence-corrected chi connectivity index (χ0v) is 18.3. The van der Waals surface area contributed by atoms with Crippen molar-refractivity contribution in [2.75, 3.05) is 6.61 Å². The molecule has 0 amide bonds. The highest BCUT2D eigenvalue weighted by Gasteiger charge is 2.25. The molecule has 2 fully saturated rings. The summed E-state index contributed by atoms with van der Waals surface area (Å²) >= 11 is 0. The third-order valence-electron chi connectivity index (χ3n) is 7.10. The maximum absolute atomic E-state index is 8.66. The monoisotopic (exact) mass is 393 g/mol. The van der Waals surface area contributed by atoms with E-state index in [-0.39, 0.29) is 0 Å². The first-order chi connectivity index (χ1) is 14.3. The van der Waals surface area contributed by atoms with Gasteiger partial charge in [-0.3, -0.25) is 0 Å². The largest absolute Gasteiger partial charge is 0.378 e. The molecule has 2 aliphatic carbocycles. The molecule has 0 bridgehead atoms. The van der Waals surface area contributed by atoms with Crippen LogP contribution in [0.3, 0.4) is 0 Å². The van der Waals surface area contributed by atoms with Crippen molar-refractivity contribution in [2.45, 2.75) is 96.0 Å². The average Bonchev–Trinajstić information content (AvgIpc) is 2.78. The van der Waals surface area contributed by atoms with E-state index in [1.165, 1.54) is 69.8 Å². The maximum atomic E-state index is 8.66. The van der Waals surface area contributed by atoms with Crippen molar-refractivity contribution in [1.82, 2.24) is 0 Å². The van der Waals surface area contributed by atoms with Gasteiger partial charge in [0.1, 0.15) is 0 Å². The lowest BCUT2D eigenvalue weighted by molar-refractivity contribution is -0.00456. The predicted octanol–water partition coefficient (Wildman–Crippen LogP) is 7.35. The molecule has 0 aromatic heterocycles. The summed E-state index contributed by atoms with van der Waals surface area (Å²) in [5, 5.41) is 8.66. The fourth-order valence-electron chi connectivity index (χ4n) is 5.10. The van der Waals surface area contributed by atoms with Crippen molar-refractivity contribution in [1.29, 1.82) is 5.26 Å². The van der Waals surface area contributed by atoms with E-state index in [1.807, 2.05) is 0 Å². The fourth-order valence-corrected chi connectivity index (χ4v) is 5.10. The maximum Gasteiger partial charge on any atom is 0.0908 e. The van der Waals surface area contributed by atoms with Crippen LogP contribution in [0, 0.1) is 23.2 Å². The van der Waals surface area contributed by atoms with Crippen LogP contribution in [0.15, 0.2) is 36.4 Å². The van der Waals surface area contributed by atoms with E-state index in [9.17, 15) is 0 Å². The van der Waals surface area contributed by atoms with Gasteiger partial charge in [-0.2, -0.15) is 5.26 Å². The van der Waals surface area contributed by atoms with Crippen molar-refractivity contribution in [3.63, 3.8) is 0 Å². The van der Waals surface area contributed by atoms with Gasteiger partial charge in [0.2, 0.25) is 0 Å². The predicted molar refractivity (Wildman–Crippen MR) is 121 cm³/mol. The first-order valence-corrected chi connectivity index (χ1v) is 12.0. The third-order valence-corrected chi connectivity index (χ3v) is 7.10. The standard InChI is InChI=1S/C27H39NO/c1-2-3-4-6-22-8-14-25(15-9-22)26-16-10-24(11-17-26)21-29-27-18-12-23(13-19-27)7-5-20-28/h5,7-9,14-15,23-24,26-27H,2-4,6,10-13,16-19,21H2,1H3/b7-5+/t23-,24-,26-,27-. The van der Waals surface area contributed by atoms with E-state index in [4.69, 9.17) is 10.00 Å². The highest BCUT2D eigenvalue weighted by Crippen LogP contribution is 2.36. The minimum absolute atomic E-state index is 0.444. The Morgan fingerprint density at radius 2 is 1.69 bits per heavy atom. The molecule has 3 rings (SSSR count). The molecule has 2 aliphatic rings. The van der Waals surface area contributed by atoms with Crippen LogP contribution in [0.5, 0.6) is 0 Å². The fraction of sp³-hybridized carbons (Fsp3) is 0.667. The quantitative estimate of drug-likeness (QED) is 0.324. The summed E-state index contributed by atoms with van der Waals surface area (Å²) in [6.45, 7) is 3.22. The third kappa shape index (κ3) is 7.31. The number of allylic oxidation sites excluding steroid dienone is 2. The van der Waals surface area contributed by atoms with Gasteiger partial charge in [-0.15, -0.1) is 0 Å². The summed E-state index contributed by atoms with van der Waals surface area (Å²) in [7, 11) is 0. The lowest BCUT2D eigenvalue weighted by Crippen LogP contribution is -2.25. The molecule has 158 valence electrons. The first kappa shape index (κ1) is 22.1. The van der Waals surface area contributed by atoms with E-state index in [2.05, 4.69) is 43.3 Å². The zero-order valence-electron chi connectivity index (χ0n) is 18.3. The highest BCUT2D eigenvalue weighted by atomic mass is 16.5. The van der Waals surface area contributed by atoms with E-state index >= 15 is 0 Å². The Morgan fingerprint density at radius 3 is 2.34 bits per heavy atom. The van der Waals surface area contributed by atoms with Crippen LogP contribution < -0.4 is 0 Å². The van der Waals surface area contributed by atoms with Crippen LogP contribution in [-0.2, 0) is 11.2 Å². The van der Waals surface area contributed by atoms with Crippen LogP contribution in [0.4, 0.5) is 0 Å². The molecule has 0 atom stereocenters. The average molecular weight is 394 g/mol. The summed E-state index contributed by atoms with van der Waals surface area (Å²) < 4.78 is 6.29.